The summed E-state index contributed by atoms with van der Waals surface area (Å²) >= 11 is 6.18. The molecule has 0 saturated carbocycles. The van der Waals surface area contributed by atoms with Crippen LogP contribution < -0.4 is 10.1 Å². The average molecular weight is 321 g/mol. The summed E-state index contributed by atoms with van der Waals surface area (Å²) < 4.78 is 5.88. The molecule has 0 bridgehead atoms. The van der Waals surface area contributed by atoms with Crippen molar-refractivity contribution in [3.8, 4) is 11.5 Å². The van der Waals surface area contributed by atoms with Crippen molar-refractivity contribution < 1.29 is 14.6 Å². The van der Waals surface area contributed by atoms with Crippen LogP contribution in [0.15, 0.2) is 29.7 Å². The number of rotatable bonds is 5. The van der Waals surface area contributed by atoms with Crippen LogP contribution in [0.1, 0.15) is 18.1 Å². The number of hydrogen-bond donors (Lipinski definition) is 2. The molecule has 2 N–H and O–H groups in total. The highest BCUT2D eigenvalue weighted by atomic mass is 32.2. The lowest BCUT2D eigenvalue weighted by Crippen LogP contribution is -2.17. The van der Waals surface area contributed by atoms with Gasteiger partial charge in [-0.1, -0.05) is 30.1 Å². The molecule has 1 aliphatic heterocycles. The Kier molecular flexibility index (Phi) is 5.03. The van der Waals surface area contributed by atoms with E-state index in [0.29, 0.717) is 33.6 Å². The van der Waals surface area contributed by atoms with Crippen molar-refractivity contribution in [2.75, 3.05) is 6.61 Å². The lowest BCUT2D eigenvalue weighted by atomic mass is 10.1. The number of hydrogen-bond acceptors (Lipinski definition) is 5. The van der Waals surface area contributed by atoms with E-state index >= 15 is 0 Å². The van der Waals surface area contributed by atoms with Gasteiger partial charge in [0.2, 0.25) is 0 Å². The Balaban J connectivity index is 2.43. The maximum Gasteiger partial charge on any atom is 0.263 e. The normalized spacial score (nSPS) is 16.1. The molecule has 0 aliphatic carbocycles. The second-order valence-electron chi connectivity index (χ2n) is 4.30. The highest BCUT2D eigenvalue weighted by Gasteiger charge is 2.22. The predicted octanol–water partition coefficient (Wildman–Crippen LogP) is 3.01. The van der Waals surface area contributed by atoms with Crippen molar-refractivity contribution in [2.24, 2.45) is 0 Å². The van der Waals surface area contributed by atoms with Gasteiger partial charge in [-0.2, -0.15) is 0 Å². The molecular formula is C15H15NO3S2. The number of nitrogens with one attached hydrogen (secondary N) is 1. The van der Waals surface area contributed by atoms with Crippen LogP contribution in [0.5, 0.6) is 11.5 Å². The standard InChI is InChI=1S/C15H15NO3S2/c1-3-5-10-6-9(7-11(13(10)17)19-4-2)8-12-14(18)16-15(20)21-12/h3,6-8,17H,1,4-5H2,2H3,(H,16,18,20). The molecule has 1 aromatic carbocycles. The first-order chi connectivity index (χ1) is 10.0. The van der Waals surface area contributed by atoms with Crippen LogP contribution in [-0.4, -0.2) is 21.9 Å². The summed E-state index contributed by atoms with van der Waals surface area (Å²) in [5.41, 5.74) is 1.48. The number of amides is 1. The van der Waals surface area contributed by atoms with E-state index in [0.717, 1.165) is 5.56 Å². The van der Waals surface area contributed by atoms with Gasteiger partial charge in [0.25, 0.3) is 5.91 Å². The number of thiocarbonyl (C=S) groups is 1. The van der Waals surface area contributed by atoms with Crippen molar-refractivity contribution in [3.63, 3.8) is 0 Å². The first-order valence-electron chi connectivity index (χ1n) is 6.39. The van der Waals surface area contributed by atoms with Crippen LogP contribution in [0.2, 0.25) is 0 Å². The fourth-order valence-corrected chi connectivity index (χ4v) is 2.97. The van der Waals surface area contributed by atoms with Crippen molar-refractivity contribution in [1.29, 1.82) is 0 Å². The number of phenolic OH excluding ortho intramolecular Hbond substituents is 1. The Morgan fingerprint density at radius 2 is 2.29 bits per heavy atom. The van der Waals surface area contributed by atoms with E-state index in [-0.39, 0.29) is 11.7 Å². The van der Waals surface area contributed by atoms with Crippen molar-refractivity contribution in [3.05, 3.63) is 40.8 Å². The Bertz CT molecular complexity index is 638. The largest absolute Gasteiger partial charge is 0.504 e. The summed E-state index contributed by atoms with van der Waals surface area (Å²) in [4.78, 5) is 12.2. The summed E-state index contributed by atoms with van der Waals surface area (Å²) in [6.45, 7) is 5.96. The molecule has 1 heterocycles. The first-order valence-corrected chi connectivity index (χ1v) is 7.62. The molecule has 4 nitrogen and oxygen atoms in total. The zero-order chi connectivity index (χ0) is 15.4. The van der Waals surface area contributed by atoms with Crippen LogP contribution in [0, 0.1) is 0 Å². The van der Waals surface area contributed by atoms with E-state index < -0.39 is 0 Å². The summed E-state index contributed by atoms with van der Waals surface area (Å²) in [6.07, 6.45) is 3.95. The van der Waals surface area contributed by atoms with Gasteiger partial charge in [0, 0.05) is 5.56 Å². The quantitative estimate of drug-likeness (QED) is 0.496. The van der Waals surface area contributed by atoms with Gasteiger partial charge in [-0.3, -0.25) is 4.79 Å². The van der Waals surface area contributed by atoms with Gasteiger partial charge in [0.15, 0.2) is 11.5 Å². The van der Waals surface area contributed by atoms with Gasteiger partial charge < -0.3 is 15.2 Å². The molecule has 21 heavy (non-hydrogen) atoms. The molecule has 110 valence electrons. The second kappa shape index (κ2) is 6.78. The number of benzene rings is 1. The molecule has 0 radical (unpaired) electrons. The zero-order valence-electron chi connectivity index (χ0n) is 11.5. The van der Waals surface area contributed by atoms with E-state index in [1.54, 1.807) is 18.2 Å². The van der Waals surface area contributed by atoms with Crippen LogP contribution >= 0.6 is 24.0 Å². The third kappa shape index (κ3) is 3.65. The summed E-state index contributed by atoms with van der Waals surface area (Å²) in [5.74, 6) is 0.300. The number of thioether (sulfide) groups is 1. The lowest BCUT2D eigenvalue weighted by molar-refractivity contribution is -0.115. The first kappa shape index (κ1) is 15.6. The van der Waals surface area contributed by atoms with Crippen molar-refractivity contribution in [1.82, 2.24) is 5.32 Å². The molecule has 1 fully saturated rings. The van der Waals surface area contributed by atoms with Crippen LogP contribution in [0.4, 0.5) is 0 Å². The average Bonchev–Trinajstić information content (AvgIpc) is 2.74. The Labute approximate surface area is 132 Å². The number of ether oxygens (including phenoxy) is 1. The fraction of sp³-hybridized carbons (Fsp3) is 0.200. The topological polar surface area (TPSA) is 58.6 Å². The van der Waals surface area contributed by atoms with E-state index in [1.165, 1.54) is 11.8 Å². The SMILES string of the molecule is C=CCc1cc(C=C2SC(=S)NC2=O)cc(OCC)c1O. The maximum atomic E-state index is 11.7. The smallest absolute Gasteiger partial charge is 0.263 e. The summed E-state index contributed by atoms with van der Waals surface area (Å²) in [7, 11) is 0. The zero-order valence-corrected chi connectivity index (χ0v) is 13.1. The molecule has 0 aromatic heterocycles. The molecule has 0 unspecified atom stereocenters. The summed E-state index contributed by atoms with van der Waals surface area (Å²) in [6, 6.07) is 3.51. The molecule has 0 atom stereocenters. The third-order valence-electron chi connectivity index (χ3n) is 2.78. The summed E-state index contributed by atoms with van der Waals surface area (Å²) in [5, 5.41) is 12.7. The minimum Gasteiger partial charge on any atom is -0.504 e. The Morgan fingerprint density at radius 1 is 1.52 bits per heavy atom. The minimum atomic E-state index is -0.207. The van der Waals surface area contributed by atoms with Gasteiger partial charge in [0.1, 0.15) is 4.32 Å². The van der Waals surface area contributed by atoms with E-state index in [4.69, 9.17) is 17.0 Å². The van der Waals surface area contributed by atoms with Gasteiger partial charge in [-0.15, -0.1) is 6.58 Å². The number of carbonyl (C=O) groups excluding carboxylic acids is 1. The highest BCUT2D eigenvalue weighted by Crippen LogP contribution is 2.34. The van der Waals surface area contributed by atoms with Crippen LogP contribution in [0.25, 0.3) is 6.08 Å². The molecule has 6 heteroatoms. The highest BCUT2D eigenvalue weighted by molar-refractivity contribution is 8.26. The molecule has 2 rings (SSSR count). The molecular weight excluding hydrogens is 306 g/mol. The Morgan fingerprint density at radius 3 is 2.86 bits per heavy atom. The second-order valence-corrected chi connectivity index (χ2v) is 6.02. The molecule has 1 amide bonds. The van der Waals surface area contributed by atoms with Crippen LogP contribution in [0.3, 0.4) is 0 Å². The molecule has 1 saturated heterocycles. The number of phenols is 1. The van der Waals surface area contributed by atoms with Gasteiger partial charge >= 0.3 is 0 Å². The molecule has 1 aliphatic rings. The van der Waals surface area contributed by atoms with E-state index in [9.17, 15) is 9.90 Å². The van der Waals surface area contributed by atoms with E-state index in [1.807, 2.05) is 13.0 Å². The van der Waals surface area contributed by atoms with Gasteiger partial charge in [-0.25, -0.2) is 0 Å². The number of aromatic hydroxyl groups is 1. The van der Waals surface area contributed by atoms with Gasteiger partial charge in [0.05, 0.1) is 11.5 Å². The third-order valence-corrected chi connectivity index (χ3v) is 3.94. The van der Waals surface area contributed by atoms with Crippen molar-refractivity contribution in [2.45, 2.75) is 13.3 Å². The monoisotopic (exact) mass is 321 g/mol. The van der Waals surface area contributed by atoms with Crippen molar-refractivity contribution >= 4 is 40.3 Å². The molecule has 0 spiro atoms. The molecule has 1 aromatic rings. The van der Waals surface area contributed by atoms with Gasteiger partial charge in [-0.05, 0) is 37.1 Å². The number of carbonyl (C=O) groups is 1. The Hall–Kier alpha value is -1.79. The predicted molar refractivity (Wildman–Crippen MR) is 89.5 cm³/mol. The number of allylic oxidation sites excluding steroid dienone is 1. The van der Waals surface area contributed by atoms with E-state index in [2.05, 4.69) is 11.9 Å². The lowest BCUT2D eigenvalue weighted by Gasteiger charge is -2.11. The fourth-order valence-electron chi connectivity index (χ4n) is 1.92. The van der Waals surface area contributed by atoms with Crippen LogP contribution in [-0.2, 0) is 11.2 Å². The minimum absolute atomic E-state index is 0.109. The maximum absolute atomic E-state index is 11.7.